The van der Waals surface area contributed by atoms with Crippen molar-refractivity contribution in [2.45, 2.75) is 51.7 Å². The second-order valence-electron chi connectivity index (χ2n) is 4.74. The van der Waals surface area contributed by atoms with Gasteiger partial charge in [0.1, 0.15) is 0 Å². The van der Waals surface area contributed by atoms with E-state index in [0.29, 0.717) is 24.6 Å². The van der Waals surface area contributed by atoms with E-state index in [1.165, 1.54) is 0 Å². The lowest BCUT2D eigenvalue weighted by atomic mass is 10.1. The summed E-state index contributed by atoms with van der Waals surface area (Å²) in [7, 11) is 0. The fourth-order valence-corrected chi connectivity index (χ4v) is 2.33. The summed E-state index contributed by atoms with van der Waals surface area (Å²) >= 11 is 0. The van der Waals surface area contributed by atoms with Gasteiger partial charge in [0.05, 0.1) is 6.10 Å². The lowest BCUT2D eigenvalue weighted by molar-refractivity contribution is 0.101. The highest BCUT2D eigenvalue weighted by Gasteiger charge is 2.14. The highest BCUT2D eigenvalue weighted by molar-refractivity contribution is 5.03. The van der Waals surface area contributed by atoms with Crippen LogP contribution in [0.15, 0.2) is 15.8 Å². The third kappa shape index (κ3) is 3.10. The summed E-state index contributed by atoms with van der Waals surface area (Å²) in [6.45, 7) is 3.41. The maximum absolute atomic E-state index is 11.6. The number of H-pyrrole nitrogens is 1. The number of aromatic amines is 1. The van der Waals surface area contributed by atoms with Gasteiger partial charge in [0.25, 0.3) is 5.56 Å². The Bertz CT molecular complexity index is 498. The van der Waals surface area contributed by atoms with Crippen LogP contribution in [0.4, 0.5) is 0 Å². The van der Waals surface area contributed by atoms with Crippen LogP contribution in [0, 0.1) is 0 Å². The minimum absolute atomic E-state index is 0.266. The first-order chi connectivity index (χ1) is 8.70. The predicted octanol–water partition coefficient (Wildman–Crippen LogP) is 1.06. The molecule has 1 atom stereocenters. The van der Waals surface area contributed by atoms with Crippen LogP contribution >= 0.6 is 0 Å². The van der Waals surface area contributed by atoms with Gasteiger partial charge < -0.3 is 9.30 Å². The number of aryl methyl sites for hydroxylation is 2. The van der Waals surface area contributed by atoms with E-state index >= 15 is 0 Å². The zero-order valence-electron chi connectivity index (χ0n) is 10.8. The Kier molecular flexibility index (Phi) is 4.36. The van der Waals surface area contributed by atoms with Crippen molar-refractivity contribution >= 4 is 0 Å². The van der Waals surface area contributed by atoms with Crippen LogP contribution in [0.3, 0.4) is 0 Å². The molecule has 0 aromatic carbocycles. The minimum Gasteiger partial charge on any atom is -0.378 e. The van der Waals surface area contributed by atoms with Crippen molar-refractivity contribution < 1.29 is 4.74 Å². The van der Waals surface area contributed by atoms with Crippen LogP contribution in [-0.2, 0) is 17.7 Å². The number of nitrogens with one attached hydrogen (secondary N) is 1. The largest absolute Gasteiger partial charge is 0.378 e. The molecule has 1 unspecified atom stereocenters. The molecule has 1 aliphatic rings. The fourth-order valence-electron chi connectivity index (χ4n) is 2.33. The fraction of sp³-hybridized carbons (Fsp3) is 0.692. The highest BCUT2D eigenvalue weighted by atomic mass is 16.5. The van der Waals surface area contributed by atoms with Gasteiger partial charge in [-0.15, -0.1) is 0 Å². The first-order valence-corrected chi connectivity index (χ1v) is 6.65. The normalized spacial score (nSPS) is 19.3. The van der Waals surface area contributed by atoms with E-state index in [-0.39, 0.29) is 11.2 Å². The van der Waals surface area contributed by atoms with Crippen molar-refractivity contribution in [1.29, 1.82) is 0 Å². The molecule has 1 N–H and O–H groups in total. The Morgan fingerprint density at radius 1 is 1.50 bits per heavy atom. The van der Waals surface area contributed by atoms with Gasteiger partial charge in [-0.3, -0.25) is 9.78 Å². The Labute approximate surface area is 106 Å². The SMILES string of the molecule is CCc1cn(CCCC2CCCO2)c(=O)[nH]c1=O. The molecule has 1 saturated heterocycles. The molecule has 18 heavy (non-hydrogen) atoms. The summed E-state index contributed by atoms with van der Waals surface area (Å²) in [6.07, 6.45) is 6.82. The molecule has 0 amide bonds. The Morgan fingerprint density at radius 3 is 3.00 bits per heavy atom. The molecular formula is C13H20N2O3. The van der Waals surface area contributed by atoms with Gasteiger partial charge in [0.15, 0.2) is 0 Å². The van der Waals surface area contributed by atoms with Gasteiger partial charge in [0, 0.05) is 24.9 Å². The Balaban J connectivity index is 1.96. The third-order valence-corrected chi connectivity index (χ3v) is 3.41. The average molecular weight is 252 g/mol. The predicted molar refractivity (Wildman–Crippen MR) is 68.9 cm³/mol. The van der Waals surface area contributed by atoms with Crippen LogP contribution in [0.1, 0.15) is 38.2 Å². The summed E-state index contributed by atoms with van der Waals surface area (Å²) in [4.78, 5) is 25.4. The number of rotatable bonds is 5. The molecule has 0 saturated carbocycles. The van der Waals surface area contributed by atoms with Gasteiger partial charge in [-0.1, -0.05) is 6.92 Å². The van der Waals surface area contributed by atoms with Crippen molar-refractivity contribution in [2.24, 2.45) is 0 Å². The molecule has 0 bridgehead atoms. The van der Waals surface area contributed by atoms with E-state index in [1.807, 2.05) is 6.92 Å². The zero-order valence-corrected chi connectivity index (χ0v) is 10.8. The Hall–Kier alpha value is -1.36. The quantitative estimate of drug-likeness (QED) is 0.852. The smallest absolute Gasteiger partial charge is 0.328 e. The first-order valence-electron chi connectivity index (χ1n) is 6.65. The van der Waals surface area contributed by atoms with E-state index in [0.717, 1.165) is 32.3 Å². The number of hydrogen-bond donors (Lipinski definition) is 1. The number of hydrogen-bond acceptors (Lipinski definition) is 3. The molecule has 100 valence electrons. The summed E-state index contributed by atoms with van der Waals surface area (Å²) in [5.41, 5.74) is 0.0779. The average Bonchev–Trinajstić information content (AvgIpc) is 2.85. The standard InChI is InChI=1S/C13H20N2O3/c1-2-10-9-15(13(17)14-12(10)16)7-3-5-11-6-4-8-18-11/h9,11H,2-8H2,1H3,(H,14,16,17). The second kappa shape index (κ2) is 6.00. The van der Waals surface area contributed by atoms with Crippen molar-refractivity contribution in [3.8, 4) is 0 Å². The van der Waals surface area contributed by atoms with E-state index < -0.39 is 0 Å². The molecule has 1 fully saturated rings. The van der Waals surface area contributed by atoms with Gasteiger partial charge >= 0.3 is 5.69 Å². The molecular weight excluding hydrogens is 232 g/mol. The van der Waals surface area contributed by atoms with Crippen LogP contribution in [0.2, 0.25) is 0 Å². The van der Waals surface area contributed by atoms with Crippen molar-refractivity contribution in [1.82, 2.24) is 9.55 Å². The minimum atomic E-state index is -0.315. The molecule has 5 heteroatoms. The lowest BCUT2D eigenvalue weighted by Gasteiger charge is -2.10. The molecule has 0 radical (unpaired) electrons. The summed E-state index contributed by atoms with van der Waals surface area (Å²) in [5, 5.41) is 0. The summed E-state index contributed by atoms with van der Waals surface area (Å²) in [5.74, 6) is 0. The third-order valence-electron chi connectivity index (χ3n) is 3.41. The molecule has 2 heterocycles. The zero-order chi connectivity index (χ0) is 13.0. The van der Waals surface area contributed by atoms with Crippen molar-refractivity contribution in [3.05, 3.63) is 32.6 Å². The molecule has 2 rings (SSSR count). The van der Waals surface area contributed by atoms with Crippen LogP contribution in [0.5, 0.6) is 0 Å². The second-order valence-corrected chi connectivity index (χ2v) is 4.74. The molecule has 0 spiro atoms. The van der Waals surface area contributed by atoms with Crippen molar-refractivity contribution in [3.63, 3.8) is 0 Å². The van der Waals surface area contributed by atoms with Crippen LogP contribution < -0.4 is 11.2 Å². The van der Waals surface area contributed by atoms with Crippen molar-refractivity contribution in [2.75, 3.05) is 6.61 Å². The number of aromatic nitrogens is 2. The molecule has 0 aliphatic carbocycles. The first kappa shape index (κ1) is 13.1. The summed E-state index contributed by atoms with van der Waals surface area (Å²) < 4.78 is 7.13. The van der Waals surface area contributed by atoms with E-state index in [1.54, 1.807) is 10.8 Å². The van der Waals surface area contributed by atoms with Crippen LogP contribution in [0.25, 0.3) is 0 Å². The van der Waals surface area contributed by atoms with Crippen LogP contribution in [-0.4, -0.2) is 22.3 Å². The van der Waals surface area contributed by atoms with E-state index in [4.69, 9.17) is 4.74 Å². The molecule has 1 aromatic heterocycles. The van der Waals surface area contributed by atoms with Gasteiger partial charge in [0.2, 0.25) is 0 Å². The lowest BCUT2D eigenvalue weighted by Crippen LogP contribution is -2.31. The number of nitrogens with zero attached hydrogens (tertiary/aromatic N) is 1. The maximum atomic E-state index is 11.6. The topological polar surface area (TPSA) is 64.1 Å². The van der Waals surface area contributed by atoms with E-state index in [2.05, 4.69) is 4.98 Å². The Morgan fingerprint density at radius 2 is 2.33 bits per heavy atom. The van der Waals surface area contributed by atoms with Gasteiger partial charge in [-0.2, -0.15) is 0 Å². The van der Waals surface area contributed by atoms with E-state index in [9.17, 15) is 9.59 Å². The monoisotopic (exact) mass is 252 g/mol. The number of ether oxygens (including phenoxy) is 1. The highest BCUT2D eigenvalue weighted by Crippen LogP contribution is 2.16. The van der Waals surface area contributed by atoms with Gasteiger partial charge in [-0.25, -0.2) is 4.79 Å². The summed E-state index contributed by atoms with van der Waals surface area (Å²) in [6, 6.07) is 0. The molecule has 1 aliphatic heterocycles. The molecule has 1 aromatic rings. The molecule has 5 nitrogen and oxygen atoms in total. The van der Waals surface area contributed by atoms with Gasteiger partial charge in [-0.05, 0) is 32.1 Å². The maximum Gasteiger partial charge on any atom is 0.328 e.